The van der Waals surface area contributed by atoms with Crippen molar-refractivity contribution >= 4 is 12.0 Å². The number of oxime groups is 1. The molecule has 2 atom stereocenters. The highest BCUT2D eigenvalue weighted by atomic mass is 19.1. The number of hydrogen-bond donors (Lipinski definition) is 1. The Morgan fingerprint density at radius 1 is 1.73 bits per heavy atom. The quantitative estimate of drug-likeness (QED) is 0.354. The largest absolute Gasteiger partial charge is 0.411 e. The molecule has 0 heterocycles. The average molecular weight is 159 g/mol. The van der Waals surface area contributed by atoms with Gasteiger partial charge in [0.05, 0.1) is 12.1 Å². The molecule has 1 saturated carbocycles. The molecule has 1 rings (SSSR count). The van der Waals surface area contributed by atoms with Gasteiger partial charge in [-0.15, -0.1) is 5.16 Å². The van der Waals surface area contributed by atoms with Gasteiger partial charge in [-0.2, -0.15) is 0 Å². The topological polar surface area (TPSA) is 49.7 Å². The van der Waals surface area contributed by atoms with Crippen molar-refractivity contribution in [3.63, 3.8) is 0 Å². The Balaban J connectivity index is 2.54. The predicted octanol–water partition coefficient (Wildman–Crippen LogP) is 1.15. The number of nitrogens with zero attached hydrogens (tertiary/aromatic N) is 1. The van der Waals surface area contributed by atoms with E-state index in [0.29, 0.717) is 6.42 Å². The Morgan fingerprint density at radius 3 is 3.09 bits per heavy atom. The molecule has 0 radical (unpaired) electrons. The number of rotatable bonds is 1. The summed E-state index contributed by atoms with van der Waals surface area (Å²) in [5, 5.41) is 10.8. The Kier molecular flexibility index (Phi) is 2.57. The molecule has 62 valence electrons. The zero-order valence-corrected chi connectivity index (χ0v) is 6.03. The fraction of sp³-hybridized carbons (Fsp3) is 0.714. The summed E-state index contributed by atoms with van der Waals surface area (Å²) in [6.07, 6.45) is 0.930. The van der Waals surface area contributed by atoms with Crippen molar-refractivity contribution in [1.82, 2.24) is 0 Å². The standard InChI is InChI=1S/C7H10FNO2/c8-6-1-2-7(10)5(3-6)4-9-11/h4-6,11H,1-3H2/b9-4-. The molecule has 0 aromatic heterocycles. The fourth-order valence-corrected chi connectivity index (χ4v) is 1.23. The monoisotopic (exact) mass is 159 g/mol. The minimum absolute atomic E-state index is 0.0308. The summed E-state index contributed by atoms with van der Waals surface area (Å²) in [5.74, 6) is -0.541. The summed E-state index contributed by atoms with van der Waals surface area (Å²) >= 11 is 0. The van der Waals surface area contributed by atoms with Gasteiger partial charge in [-0.05, 0) is 12.8 Å². The number of hydrogen-bond acceptors (Lipinski definition) is 3. The van der Waals surface area contributed by atoms with Crippen LogP contribution in [-0.2, 0) is 4.79 Å². The molecule has 11 heavy (non-hydrogen) atoms. The third-order valence-electron chi connectivity index (χ3n) is 1.87. The maximum Gasteiger partial charge on any atom is 0.141 e. The molecule has 1 N–H and O–H groups in total. The van der Waals surface area contributed by atoms with Crippen molar-refractivity contribution in [2.24, 2.45) is 11.1 Å². The van der Waals surface area contributed by atoms with E-state index in [1.54, 1.807) is 0 Å². The minimum atomic E-state index is -0.921. The fourth-order valence-electron chi connectivity index (χ4n) is 1.23. The van der Waals surface area contributed by atoms with Crippen molar-refractivity contribution < 1.29 is 14.4 Å². The maximum absolute atomic E-state index is 12.6. The van der Waals surface area contributed by atoms with Crippen molar-refractivity contribution in [2.75, 3.05) is 0 Å². The molecule has 0 bridgehead atoms. The van der Waals surface area contributed by atoms with Crippen LogP contribution in [0.1, 0.15) is 19.3 Å². The predicted molar refractivity (Wildman–Crippen MR) is 37.5 cm³/mol. The molecule has 0 aromatic carbocycles. The number of Topliss-reactive ketones (excluding diaryl/α,β-unsaturated/α-hetero) is 1. The van der Waals surface area contributed by atoms with Crippen LogP contribution < -0.4 is 0 Å². The summed E-state index contributed by atoms with van der Waals surface area (Å²) in [7, 11) is 0. The molecule has 1 aliphatic carbocycles. The van der Waals surface area contributed by atoms with Gasteiger partial charge in [0.25, 0.3) is 0 Å². The molecule has 1 aliphatic rings. The van der Waals surface area contributed by atoms with Crippen LogP contribution in [0, 0.1) is 5.92 Å². The first-order valence-electron chi connectivity index (χ1n) is 3.58. The second-order valence-electron chi connectivity index (χ2n) is 2.71. The second kappa shape index (κ2) is 3.46. The van der Waals surface area contributed by atoms with E-state index in [4.69, 9.17) is 5.21 Å². The highest BCUT2D eigenvalue weighted by Crippen LogP contribution is 2.22. The minimum Gasteiger partial charge on any atom is -0.411 e. The lowest BCUT2D eigenvalue weighted by Crippen LogP contribution is -2.26. The molecule has 2 unspecified atom stereocenters. The second-order valence-corrected chi connectivity index (χ2v) is 2.71. The van der Waals surface area contributed by atoms with Crippen LogP contribution in [0.4, 0.5) is 4.39 Å². The van der Waals surface area contributed by atoms with Gasteiger partial charge in [-0.3, -0.25) is 4.79 Å². The molecule has 1 fully saturated rings. The number of alkyl halides is 1. The van der Waals surface area contributed by atoms with Crippen LogP contribution in [0.5, 0.6) is 0 Å². The summed E-state index contributed by atoms with van der Waals surface area (Å²) in [4.78, 5) is 11.0. The lowest BCUT2D eigenvalue weighted by atomic mass is 9.88. The van der Waals surface area contributed by atoms with E-state index >= 15 is 0 Å². The highest BCUT2D eigenvalue weighted by molar-refractivity contribution is 5.95. The van der Waals surface area contributed by atoms with E-state index < -0.39 is 12.1 Å². The number of ketones is 1. The molecule has 3 nitrogen and oxygen atoms in total. The van der Waals surface area contributed by atoms with Crippen LogP contribution in [0.3, 0.4) is 0 Å². The van der Waals surface area contributed by atoms with E-state index in [0.717, 1.165) is 6.21 Å². The van der Waals surface area contributed by atoms with Gasteiger partial charge in [0.1, 0.15) is 12.0 Å². The van der Waals surface area contributed by atoms with Gasteiger partial charge in [0, 0.05) is 6.42 Å². The Morgan fingerprint density at radius 2 is 2.45 bits per heavy atom. The Bertz CT molecular complexity index is 181. The summed E-state index contributed by atoms with van der Waals surface area (Å²) in [6, 6.07) is 0. The van der Waals surface area contributed by atoms with Gasteiger partial charge >= 0.3 is 0 Å². The van der Waals surface area contributed by atoms with Crippen LogP contribution >= 0.6 is 0 Å². The van der Waals surface area contributed by atoms with E-state index in [-0.39, 0.29) is 18.6 Å². The molecule has 0 amide bonds. The third kappa shape index (κ3) is 2.00. The Hall–Kier alpha value is -0.930. The maximum atomic E-state index is 12.6. The van der Waals surface area contributed by atoms with E-state index in [1.807, 2.05) is 0 Å². The first-order valence-corrected chi connectivity index (χ1v) is 3.58. The van der Waals surface area contributed by atoms with Crippen LogP contribution in [0.25, 0.3) is 0 Å². The van der Waals surface area contributed by atoms with E-state index in [1.165, 1.54) is 0 Å². The van der Waals surface area contributed by atoms with Crippen molar-refractivity contribution in [3.05, 3.63) is 0 Å². The molecular formula is C7H10FNO2. The van der Waals surface area contributed by atoms with Gasteiger partial charge in [0.2, 0.25) is 0 Å². The number of carbonyl (C=O) groups excluding carboxylic acids is 1. The normalized spacial score (nSPS) is 33.0. The zero-order valence-electron chi connectivity index (χ0n) is 6.03. The zero-order chi connectivity index (χ0) is 8.27. The lowest BCUT2D eigenvalue weighted by Gasteiger charge is -2.19. The SMILES string of the molecule is O=C1CCC(F)CC1/C=N\O. The molecule has 0 aliphatic heterocycles. The first kappa shape index (κ1) is 8.17. The number of halogens is 1. The van der Waals surface area contributed by atoms with Crippen molar-refractivity contribution in [1.29, 1.82) is 0 Å². The molecule has 4 heteroatoms. The van der Waals surface area contributed by atoms with Gasteiger partial charge in [-0.25, -0.2) is 4.39 Å². The van der Waals surface area contributed by atoms with Crippen LogP contribution in [-0.4, -0.2) is 23.4 Å². The van der Waals surface area contributed by atoms with Crippen molar-refractivity contribution in [3.8, 4) is 0 Å². The van der Waals surface area contributed by atoms with Crippen molar-refractivity contribution in [2.45, 2.75) is 25.4 Å². The highest BCUT2D eigenvalue weighted by Gasteiger charge is 2.27. The van der Waals surface area contributed by atoms with E-state index in [2.05, 4.69) is 5.16 Å². The molecular weight excluding hydrogens is 149 g/mol. The Labute approximate surface area is 63.9 Å². The lowest BCUT2D eigenvalue weighted by molar-refractivity contribution is -0.123. The van der Waals surface area contributed by atoms with Crippen LogP contribution in [0.2, 0.25) is 0 Å². The van der Waals surface area contributed by atoms with Gasteiger partial charge < -0.3 is 5.21 Å². The summed E-state index contributed by atoms with van der Waals surface area (Å²) in [6.45, 7) is 0. The molecule has 0 spiro atoms. The summed E-state index contributed by atoms with van der Waals surface area (Å²) in [5.41, 5.74) is 0. The molecule has 0 aromatic rings. The summed E-state index contributed by atoms with van der Waals surface area (Å²) < 4.78 is 12.6. The third-order valence-corrected chi connectivity index (χ3v) is 1.87. The average Bonchev–Trinajstić information content (AvgIpc) is 1.98. The van der Waals surface area contributed by atoms with Gasteiger partial charge in [0.15, 0.2) is 0 Å². The van der Waals surface area contributed by atoms with Gasteiger partial charge in [-0.1, -0.05) is 0 Å². The first-order chi connectivity index (χ1) is 5.24. The number of carbonyl (C=O) groups is 1. The van der Waals surface area contributed by atoms with E-state index in [9.17, 15) is 9.18 Å². The molecule has 0 saturated heterocycles. The smallest absolute Gasteiger partial charge is 0.141 e. The van der Waals surface area contributed by atoms with Crippen LogP contribution in [0.15, 0.2) is 5.16 Å².